The van der Waals surface area contributed by atoms with E-state index in [1.165, 1.54) is 25.5 Å². The molecule has 2 N–H and O–H groups in total. The number of nitro benzene ring substituents is 1. The summed E-state index contributed by atoms with van der Waals surface area (Å²) in [7, 11) is 0. The first kappa shape index (κ1) is 21.9. The number of nitro groups is 1. The lowest BCUT2D eigenvalue weighted by molar-refractivity contribution is -0.384. The van der Waals surface area contributed by atoms with E-state index < -0.39 is 10.9 Å². The van der Waals surface area contributed by atoms with Gasteiger partial charge < -0.3 is 10.5 Å². The topological polar surface area (TPSA) is 121 Å². The van der Waals surface area contributed by atoms with Crippen LogP contribution in [0, 0.1) is 21.4 Å². The number of rotatable bonds is 5. The summed E-state index contributed by atoms with van der Waals surface area (Å²) in [6.07, 6.45) is 5.24. The molecule has 29 heavy (non-hydrogen) atoms. The molecule has 1 fully saturated rings. The van der Waals surface area contributed by atoms with E-state index in [1.807, 2.05) is 0 Å². The predicted molar refractivity (Wildman–Crippen MR) is 110 cm³/mol. The average molecular weight is 396 g/mol. The summed E-state index contributed by atoms with van der Waals surface area (Å²) >= 11 is 0. The number of ketones is 1. The summed E-state index contributed by atoms with van der Waals surface area (Å²) in [6.45, 7) is 1.45. The molecule has 0 bridgehead atoms. The second-order valence-electron chi connectivity index (χ2n) is 7.01. The summed E-state index contributed by atoms with van der Waals surface area (Å²) in [6, 6.07) is 13.0. The normalized spacial score (nSPS) is 13.7. The first-order valence-corrected chi connectivity index (χ1v) is 9.47. The van der Waals surface area contributed by atoms with Gasteiger partial charge in [0.15, 0.2) is 0 Å². The Morgan fingerprint density at radius 3 is 1.83 bits per heavy atom. The first-order chi connectivity index (χ1) is 13.8. The summed E-state index contributed by atoms with van der Waals surface area (Å²) in [5.74, 6) is -0.936. The van der Waals surface area contributed by atoms with Gasteiger partial charge in [0.25, 0.3) is 5.69 Å². The SMILES string of the molecule is CC(=N)C(=O)c1ccc(-c2ccc([N+](=O)[O-])cc2)cc1.O=C(O)C1CCCCC1. The highest BCUT2D eigenvalue weighted by Gasteiger charge is 2.19. The van der Waals surface area contributed by atoms with Gasteiger partial charge in [-0.3, -0.25) is 19.7 Å². The van der Waals surface area contributed by atoms with Crippen molar-refractivity contribution in [2.24, 2.45) is 5.92 Å². The van der Waals surface area contributed by atoms with Crippen LogP contribution in [0.3, 0.4) is 0 Å². The smallest absolute Gasteiger partial charge is 0.306 e. The van der Waals surface area contributed by atoms with Crippen LogP contribution in [0.25, 0.3) is 11.1 Å². The van der Waals surface area contributed by atoms with Crippen LogP contribution in [0.1, 0.15) is 49.4 Å². The molecule has 0 aliphatic heterocycles. The molecule has 7 nitrogen and oxygen atoms in total. The van der Waals surface area contributed by atoms with Crippen molar-refractivity contribution in [3.63, 3.8) is 0 Å². The fraction of sp³-hybridized carbons (Fsp3) is 0.318. The number of Topliss-reactive ketones (excluding diaryl/α,β-unsaturated/α-hetero) is 1. The van der Waals surface area contributed by atoms with Crippen molar-refractivity contribution in [3.05, 3.63) is 64.2 Å². The lowest BCUT2D eigenvalue weighted by Crippen LogP contribution is -2.16. The number of carboxylic acid groups (broad SMARTS) is 1. The van der Waals surface area contributed by atoms with Gasteiger partial charge in [-0.25, -0.2) is 0 Å². The van der Waals surface area contributed by atoms with Crippen LogP contribution in [-0.4, -0.2) is 27.5 Å². The van der Waals surface area contributed by atoms with Gasteiger partial charge >= 0.3 is 5.97 Å². The summed E-state index contributed by atoms with van der Waals surface area (Å²) in [5.41, 5.74) is 2.19. The molecule has 0 unspecified atom stereocenters. The van der Waals surface area contributed by atoms with E-state index in [1.54, 1.807) is 36.4 Å². The van der Waals surface area contributed by atoms with Gasteiger partial charge in [-0.05, 0) is 43.0 Å². The van der Waals surface area contributed by atoms with Crippen LogP contribution in [0.4, 0.5) is 5.69 Å². The van der Waals surface area contributed by atoms with E-state index in [4.69, 9.17) is 10.5 Å². The third-order valence-corrected chi connectivity index (χ3v) is 4.85. The van der Waals surface area contributed by atoms with Crippen molar-refractivity contribution in [1.82, 2.24) is 0 Å². The number of benzene rings is 2. The van der Waals surface area contributed by atoms with Crippen molar-refractivity contribution in [1.29, 1.82) is 5.41 Å². The van der Waals surface area contributed by atoms with E-state index in [0.717, 1.165) is 36.8 Å². The molecule has 0 amide bonds. The highest BCUT2D eigenvalue weighted by molar-refractivity contribution is 6.44. The standard InChI is InChI=1S/C15H12N2O3.C7H12O2/c1-10(16)15(18)13-4-2-11(3-5-13)12-6-8-14(9-7-12)17(19)20;8-7(9)6-4-2-1-3-5-6/h2-9,16H,1H3;6H,1-5H2,(H,8,9). The van der Waals surface area contributed by atoms with Crippen molar-refractivity contribution in [2.75, 3.05) is 0 Å². The van der Waals surface area contributed by atoms with Crippen LogP contribution in [-0.2, 0) is 4.79 Å². The highest BCUT2D eigenvalue weighted by atomic mass is 16.6. The average Bonchev–Trinajstić information content (AvgIpc) is 2.74. The number of hydrogen-bond donors (Lipinski definition) is 2. The Kier molecular flexibility index (Phi) is 7.77. The molecular weight excluding hydrogens is 372 g/mol. The fourth-order valence-electron chi connectivity index (χ4n) is 3.16. The van der Waals surface area contributed by atoms with Crippen molar-refractivity contribution < 1.29 is 19.6 Å². The summed E-state index contributed by atoms with van der Waals surface area (Å²) in [5, 5.41) is 26.4. The summed E-state index contributed by atoms with van der Waals surface area (Å²) < 4.78 is 0. The van der Waals surface area contributed by atoms with Gasteiger partial charge in [0, 0.05) is 17.7 Å². The molecule has 0 spiro atoms. The molecule has 1 aliphatic carbocycles. The molecule has 0 heterocycles. The first-order valence-electron chi connectivity index (χ1n) is 9.47. The molecule has 152 valence electrons. The largest absolute Gasteiger partial charge is 0.481 e. The van der Waals surface area contributed by atoms with E-state index in [0.29, 0.717) is 5.56 Å². The number of carboxylic acids is 1. The van der Waals surface area contributed by atoms with E-state index in [2.05, 4.69) is 0 Å². The number of non-ortho nitro benzene ring substituents is 1. The molecule has 0 atom stereocenters. The monoisotopic (exact) mass is 396 g/mol. The van der Waals surface area contributed by atoms with E-state index in [-0.39, 0.29) is 23.1 Å². The van der Waals surface area contributed by atoms with Crippen LogP contribution in [0.15, 0.2) is 48.5 Å². The second-order valence-corrected chi connectivity index (χ2v) is 7.01. The highest BCUT2D eigenvalue weighted by Crippen LogP contribution is 2.24. The zero-order chi connectivity index (χ0) is 21.4. The summed E-state index contributed by atoms with van der Waals surface area (Å²) in [4.78, 5) is 32.1. The van der Waals surface area contributed by atoms with Crippen molar-refractivity contribution >= 4 is 23.2 Å². The van der Waals surface area contributed by atoms with Crippen molar-refractivity contribution in [3.8, 4) is 11.1 Å². The number of nitrogens with one attached hydrogen (secondary N) is 1. The molecule has 0 aromatic heterocycles. The molecule has 2 aromatic carbocycles. The molecule has 0 saturated heterocycles. The molecule has 3 rings (SSSR count). The van der Waals surface area contributed by atoms with Crippen LogP contribution in [0.5, 0.6) is 0 Å². The van der Waals surface area contributed by atoms with Crippen molar-refractivity contribution in [2.45, 2.75) is 39.0 Å². The fourth-order valence-corrected chi connectivity index (χ4v) is 3.16. The second kappa shape index (κ2) is 10.3. The minimum Gasteiger partial charge on any atom is -0.481 e. The zero-order valence-corrected chi connectivity index (χ0v) is 16.3. The minimum absolute atomic E-state index is 0.00640. The third-order valence-electron chi connectivity index (χ3n) is 4.85. The molecule has 1 saturated carbocycles. The molecule has 7 heteroatoms. The Labute approximate surface area is 169 Å². The lowest BCUT2D eigenvalue weighted by atomic mass is 9.90. The number of carbonyl (C=O) groups excluding carboxylic acids is 1. The Hall–Kier alpha value is -3.35. The van der Waals surface area contributed by atoms with Gasteiger partial charge in [-0.2, -0.15) is 0 Å². The van der Waals surface area contributed by atoms with Crippen LogP contribution >= 0.6 is 0 Å². The predicted octanol–water partition coefficient (Wildman–Crippen LogP) is 5.14. The molecular formula is C22H24N2O5. The van der Waals surface area contributed by atoms with Gasteiger partial charge in [-0.1, -0.05) is 43.5 Å². The minimum atomic E-state index is -0.602. The van der Waals surface area contributed by atoms with Gasteiger partial charge in [0.1, 0.15) is 0 Å². The zero-order valence-electron chi connectivity index (χ0n) is 16.3. The van der Waals surface area contributed by atoms with Gasteiger partial charge in [0.2, 0.25) is 5.78 Å². The number of carbonyl (C=O) groups is 2. The maximum absolute atomic E-state index is 11.6. The maximum atomic E-state index is 11.6. The van der Waals surface area contributed by atoms with E-state index >= 15 is 0 Å². The maximum Gasteiger partial charge on any atom is 0.306 e. The Balaban J connectivity index is 0.000000278. The molecule has 2 aromatic rings. The van der Waals surface area contributed by atoms with Gasteiger partial charge in [-0.15, -0.1) is 0 Å². The van der Waals surface area contributed by atoms with Gasteiger partial charge in [0.05, 0.1) is 16.6 Å². The third kappa shape index (κ3) is 6.34. The molecule has 0 radical (unpaired) electrons. The quantitative estimate of drug-likeness (QED) is 0.314. The molecule has 1 aliphatic rings. The van der Waals surface area contributed by atoms with E-state index in [9.17, 15) is 19.7 Å². The number of hydrogen-bond acceptors (Lipinski definition) is 5. The lowest BCUT2D eigenvalue weighted by Gasteiger charge is -2.16. The van der Waals surface area contributed by atoms with Crippen LogP contribution < -0.4 is 0 Å². The number of nitrogens with zero attached hydrogens (tertiary/aromatic N) is 1. The van der Waals surface area contributed by atoms with Crippen LogP contribution in [0.2, 0.25) is 0 Å². The number of aliphatic carboxylic acids is 1. The Morgan fingerprint density at radius 1 is 0.966 bits per heavy atom. The Bertz CT molecular complexity index is 882. The Morgan fingerprint density at radius 2 is 1.45 bits per heavy atom.